The summed E-state index contributed by atoms with van der Waals surface area (Å²) in [4.78, 5) is 0. The molecule has 0 aliphatic carbocycles. The zero-order valence-corrected chi connectivity index (χ0v) is 7.18. The zero-order chi connectivity index (χ0) is 8.67. The van der Waals surface area contributed by atoms with E-state index in [1.807, 2.05) is 29.0 Å². The average Bonchev–Trinajstić information content (AvgIpc) is 2.88. The van der Waals surface area contributed by atoms with Gasteiger partial charge in [0.1, 0.15) is 0 Å². The normalized spacial score (nSPS) is 20.8. The minimum absolute atomic E-state index is 0.438. The lowest BCUT2D eigenvalue weighted by Crippen LogP contribution is -1.92. The van der Waals surface area contributed by atoms with E-state index in [0.29, 0.717) is 6.10 Å². The SMILES string of the molecule is c1ccn2ncc(CC3CO3)c2c1. The van der Waals surface area contributed by atoms with Gasteiger partial charge in [0.2, 0.25) is 0 Å². The smallest absolute Gasteiger partial charge is 0.0851 e. The molecule has 1 fully saturated rings. The number of ether oxygens (including phenoxy) is 1. The Morgan fingerprint density at radius 3 is 3.31 bits per heavy atom. The molecule has 0 radical (unpaired) electrons. The summed E-state index contributed by atoms with van der Waals surface area (Å²) >= 11 is 0. The topological polar surface area (TPSA) is 29.8 Å². The van der Waals surface area contributed by atoms with Crippen LogP contribution in [0.5, 0.6) is 0 Å². The quantitative estimate of drug-likeness (QED) is 0.642. The largest absolute Gasteiger partial charge is 0.373 e. The molecule has 0 spiro atoms. The summed E-state index contributed by atoms with van der Waals surface area (Å²) in [5, 5.41) is 4.26. The van der Waals surface area contributed by atoms with Gasteiger partial charge >= 0.3 is 0 Å². The lowest BCUT2D eigenvalue weighted by Gasteiger charge is -1.94. The van der Waals surface area contributed by atoms with Crippen LogP contribution in [0.3, 0.4) is 0 Å². The maximum absolute atomic E-state index is 5.19. The first-order valence-electron chi connectivity index (χ1n) is 4.46. The highest BCUT2D eigenvalue weighted by Gasteiger charge is 2.23. The molecule has 3 heteroatoms. The molecule has 2 aromatic rings. The number of aromatic nitrogens is 2. The third kappa shape index (κ3) is 1.21. The Morgan fingerprint density at radius 2 is 2.46 bits per heavy atom. The Hall–Kier alpha value is -1.35. The summed E-state index contributed by atoms with van der Waals surface area (Å²) in [6.07, 6.45) is 5.32. The fourth-order valence-electron chi connectivity index (χ4n) is 1.58. The van der Waals surface area contributed by atoms with Crippen LogP contribution in [0, 0.1) is 0 Å². The molecule has 3 nitrogen and oxygen atoms in total. The van der Waals surface area contributed by atoms with Crippen molar-refractivity contribution in [1.29, 1.82) is 0 Å². The van der Waals surface area contributed by atoms with Crippen LogP contribution in [-0.2, 0) is 11.2 Å². The predicted molar refractivity (Wildman–Crippen MR) is 48.6 cm³/mol. The Balaban J connectivity index is 2.06. The summed E-state index contributed by atoms with van der Waals surface area (Å²) in [7, 11) is 0. The van der Waals surface area contributed by atoms with Crippen LogP contribution in [0.25, 0.3) is 5.52 Å². The molecule has 1 aliphatic rings. The third-order valence-electron chi connectivity index (χ3n) is 2.36. The standard InChI is InChI=1S/C10H10N2O/c1-2-4-12-10(3-1)8(6-11-12)5-9-7-13-9/h1-4,6,9H,5,7H2. The van der Waals surface area contributed by atoms with Gasteiger partial charge in [-0.25, -0.2) is 4.52 Å². The van der Waals surface area contributed by atoms with Crippen molar-refractivity contribution >= 4 is 5.52 Å². The fraction of sp³-hybridized carbons (Fsp3) is 0.300. The van der Waals surface area contributed by atoms with Gasteiger partial charge in [0, 0.05) is 18.2 Å². The van der Waals surface area contributed by atoms with E-state index in [-0.39, 0.29) is 0 Å². The van der Waals surface area contributed by atoms with E-state index in [9.17, 15) is 0 Å². The molecule has 0 N–H and O–H groups in total. The molecule has 0 bridgehead atoms. The number of fused-ring (bicyclic) bond motifs is 1. The first kappa shape index (κ1) is 7.09. The number of epoxide rings is 1. The Morgan fingerprint density at radius 1 is 1.54 bits per heavy atom. The molecule has 3 rings (SSSR count). The summed E-state index contributed by atoms with van der Waals surface area (Å²) in [5.74, 6) is 0. The fourth-order valence-corrected chi connectivity index (χ4v) is 1.58. The molecule has 1 unspecified atom stereocenters. The first-order valence-corrected chi connectivity index (χ1v) is 4.46. The molecule has 2 aromatic heterocycles. The number of pyridine rings is 1. The van der Waals surface area contributed by atoms with Crippen molar-refractivity contribution in [3.63, 3.8) is 0 Å². The van der Waals surface area contributed by atoms with E-state index in [1.54, 1.807) is 0 Å². The molecule has 0 aromatic carbocycles. The molecular weight excluding hydrogens is 164 g/mol. The van der Waals surface area contributed by atoms with Gasteiger partial charge in [-0.1, -0.05) is 6.07 Å². The van der Waals surface area contributed by atoms with Crippen LogP contribution >= 0.6 is 0 Å². The number of rotatable bonds is 2. The van der Waals surface area contributed by atoms with Crippen LogP contribution in [0.2, 0.25) is 0 Å². The van der Waals surface area contributed by atoms with Crippen molar-refractivity contribution in [2.24, 2.45) is 0 Å². The molecular formula is C10H10N2O. The average molecular weight is 174 g/mol. The van der Waals surface area contributed by atoms with E-state index in [2.05, 4.69) is 11.2 Å². The summed E-state index contributed by atoms with van der Waals surface area (Å²) in [5.41, 5.74) is 2.47. The Bertz CT molecular complexity index is 431. The van der Waals surface area contributed by atoms with Crippen LogP contribution < -0.4 is 0 Å². The molecule has 0 saturated carbocycles. The lowest BCUT2D eigenvalue weighted by molar-refractivity contribution is 0.408. The van der Waals surface area contributed by atoms with Gasteiger partial charge in [-0.05, 0) is 12.1 Å². The molecule has 1 atom stereocenters. The van der Waals surface area contributed by atoms with E-state index in [4.69, 9.17) is 4.74 Å². The predicted octanol–water partition coefficient (Wildman–Crippen LogP) is 1.28. The highest BCUT2D eigenvalue weighted by Crippen LogP contribution is 2.19. The van der Waals surface area contributed by atoms with Gasteiger partial charge in [-0.15, -0.1) is 0 Å². The maximum atomic E-state index is 5.19. The van der Waals surface area contributed by atoms with Crippen molar-refractivity contribution in [2.45, 2.75) is 12.5 Å². The van der Waals surface area contributed by atoms with Gasteiger partial charge in [0.25, 0.3) is 0 Å². The second-order valence-electron chi connectivity index (χ2n) is 3.36. The number of hydrogen-bond donors (Lipinski definition) is 0. The monoisotopic (exact) mass is 174 g/mol. The van der Waals surface area contributed by atoms with E-state index >= 15 is 0 Å². The van der Waals surface area contributed by atoms with Crippen molar-refractivity contribution in [3.05, 3.63) is 36.2 Å². The molecule has 1 saturated heterocycles. The van der Waals surface area contributed by atoms with Gasteiger partial charge in [-0.2, -0.15) is 5.10 Å². The van der Waals surface area contributed by atoms with E-state index < -0.39 is 0 Å². The Labute approximate surface area is 75.9 Å². The minimum atomic E-state index is 0.438. The van der Waals surface area contributed by atoms with Gasteiger partial charge in [0.15, 0.2) is 0 Å². The lowest BCUT2D eigenvalue weighted by atomic mass is 10.1. The molecule has 1 aliphatic heterocycles. The first-order chi connectivity index (χ1) is 6.43. The van der Waals surface area contributed by atoms with Crippen LogP contribution in [0.1, 0.15) is 5.56 Å². The molecule has 0 amide bonds. The summed E-state index contributed by atoms with van der Waals surface area (Å²) in [6, 6.07) is 6.11. The molecule has 13 heavy (non-hydrogen) atoms. The minimum Gasteiger partial charge on any atom is -0.373 e. The van der Waals surface area contributed by atoms with Gasteiger partial charge in [-0.3, -0.25) is 0 Å². The molecule has 66 valence electrons. The van der Waals surface area contributed by atoms with Crippen LogP contribution in [-0.4, -0.2) is 22.3 Å². The van der Waals surface area contributed by atoms with Crippen molar-refractivity contribution in [3.8, 4) is 0 Å². The van der Waals surface area contributed by atoms with Gasteiger partial charge in [0.05, 0.1) is 24.4 Å². The maximum Gasteiger partial charge on any atom is 0.0851 e. The van der Waals surface area contributed by atoms with Crippen LogP contribution in [0.4, 0.5) is 0 Å². The third-order valence-corrected chi connectivity index (χ3v) is 2.36. The number of hydrogen-bond acceptors (Lipinski definition) is 2. The summed E-state index contributed by atoms with van der Waals surface area (Å²) < 4.78 is 7.09. The van der Waals surface area contributed by atoms with Crippen molar-refractivity contribution in [2.75, 3.05) is 6.61 Å². The van der Waals surface area contributed by atoms with Crippen LogP contribution in [0.15, 0.2) is 30.6 Å². The number of nitrogens with zero attached hydrogens (tertiary/aromatic N) is 2. The van der Waals surface area contributed by atoms with Gasteiger partial charge < -0.3 is 4.74 Å². The highest BCUT2D eigenvalue weighted by molar-refractivity contribution is 5.53. The Kier molecular flexibility index (Phi) is 1.40. The highest BCUT2D eigenvalue weighted by atomic mass is 16.6. The van der Waals surface area contributed by atoms with E-state index in [1.165, 1.54) is 11.1 Å². The van der Waals surface area contributed by atoms with E-state index in [0.717, 1.165) is 13.0 Å². The second-order valence-corrected chi connectivity index (χ2v) is 3.36. The summed E-state index contributed by atoms with van der Waals surface area (Å²) in [6.45, 7) is 0.907. The second kappa shape index (κ2) is 2.57. The molecule has 3 heterocycles. The van der Waals surface area contributed by atoms with Crippen molar-refractivity contribution in [1.82, 2.24) is 9.61 Å². The van der Waals surface area contributed by atoms with Crippen molar-refractivity contribution < 1.29 is 4.74 Å². The zero-order valence-electron chi connectivity index (χ0n) is 7.18.